The molecule has 4 aromatic rings. The molecule has 30 heavy (non-hydrogen) atoms. The summed E-state index contributed by atoms with van der Waals surface area (Å²) in [6.45, 7) is 8.72. The minimum atomic E-state index is 0.0426. The van der Waals surface area contributed by atoms with E-state index in [1.807, 2.05) is 12.1 Å². The van der Waals surface area contributed by atoms with Gasteiger partial charge in [0.2, 0.25) is 5.91 Å². The monoisotopic (exact) mass is 415 g/mol. The Morgan fingerprint density at radius 3 is 2.60 bits per heavy atom. The summed E-state index contributed by atoms with van der Waals surface area (Å²) in [6.07, 6.45) is 3.90. The molecule has 0 aliphatic carbocycles. The molecule has 4 nitrogen and oxygen atoms in total. The SMILES string of the molecule is Cc1ccc(C)c(CC(=O)N(Cc2cccnc2)c2nc3c(C)cc(C)cc3s2)c1. The van der Waals surface area contributed by atoms with Crippen LogP contribution in [0.4, 0.5) is 5.13 Å². The number of fused-ring (bicyclic) bond motifs is 1. The van der Waals surface area contributed by atoms with Crippen molar-refractivity contribution in [1.29, 1.82) is 0 Å². The number of aromatic nitrogens is 2. The fourth-order valence-electron chi connectivity index (χ4n) is 3.66. The van der Waals surface area contributed by atoms with Gasteiger partial charge in [0.1, 0.15) is 0 Å². The number of benzene rings is 2. The highest BCUT2D eigenvalue weighted by Crippen LogP contribution is 2.33. The van der Waals surface area contributed by atoms with Gasteiger partial charge in [0.15, 0.2) is 5.13 Å². The zero-order chi connectivity index (χ0) is 21.3. The maximum atomic E-state index is 13.5. The highest BCUT2D eigenvalue weighted by Gasteiger charge is 2.22. The van der Waals surface area contributed by atoms with Gasteiger partial charge >= 0.3 is 0 Å². The summed E-state index contributed by atoms with van der Waals surface area (Å²) in [5.41, 5.74) is 7.64. The van der Waals surface area contributed by atoms with E-state index >= 15 is 0 Å². The second-order valence-electron chi connectivity index (χ2n) is 7.87. The van der Waals surface area contributed by atoms with Crippen LogP contribution in [0.3, 0.4) is 0 Å². The number of carbonyl (C=O) groups excluding carboxylic acids is 1. The number of hydrogen-bond acceptors (Lipinski definition) is 4. The highest BCUT2D eigenvalue weighted by atomic mass is 32.1. The molecule has 2 aromatic carbocycles. The molecule has 0 radical (unpaired) electrons. The van der Waals surface area contributed by atoms with Crippen molar-refractivity contribution in [2.24, 2.45) is 0 Å². The van der Waals surface area contributed by atoms with Crippen LogP contribution >= 0.6 is 11.3 Å². The van der Waals surface area contributed by atoms with Gasteiger partial charge < -0.3 is 0 Å². The van der Waals surface area contributed by atoms with E-state index < -0.39 is 0 Å². The van der Waals surface area contributed by atoms with E-state index in [1.54, 1.807) is 28.6 Å². The summed E-state index contributed by atoms with van der Waals surface area (Å²) in [5, 5.41) is 0.734. The second-order valence-corrected chi connectivity index (χ2v) is 8.88. The van der Waals surface area contributed by atoms with Gasteiger partial charge in [-0.1, -0.05) is 47.2 Å². The molecule has 4 rings (SSSR count). The van der Waals surface area contributed by atoms with Crippen molar-refractivity contribution in [3.8, 4) is 0 Å². The average Bonchev–Trinajstić information content (AvgIpc) is 3.13. The number of pyridine rings is 1. The Balaban J connectivity index is 1.73. The van der Waals surface area contributed by atoms with Crippen LogP contribution in [0.5, 0.6) is 0 Å². The first kappa shape index (κ1) is 20.2. The number of anilines is 1. The number of carbonyl (C=O) groups is 1. The molecule has 152 valence electrons. The summed E-state index contributed by atoms with van der Waals surface area (Å²) in [5.74, 6) is 0.0426. The molecule has 0 aliphatic rings. The molecular weight excluding hydrogens is 390 g/mol. The number of amides is 1. The summed E-state index contributed by atoms with van der Waals surface area (Å²) in [7, 11) is 0. The van der Waals surface area contributed by atoms with Crippen molar-refractivity contribution in [2.45, 2.75) is 40.7 Å². The van der Waals surface area contributed by atoms with Crippen LogP contribution in [0.1, 0.15) is 33.4 Å². The number of aryl methyl sites for hydroxylation is 4. The van der Waals surface area contributed by atoms with Gasteiger partial charge in [0, 0.05) is 12.4 Å². The van der Waals surface area contributed by atoms with Crippen LogP contribution in [-0.4, -0.2) is 15.9 Å². The standard InChI is InChI=1S/C25H25N3OS/c1-16-7-8-18(3)21(11-16)13-23(29)28(15-20-6-5-9-26-14-20)25-27-24-19(4)10-17(2)12-22(24)30-25/h5-12,14H,13,15H2,1-4H3. The molecular formula is C25H25N3OS. The van der Waals surface area contributed by atoms with E-state index in [0.29, 0.717) is 13.0 Å². The van der Waals surface area contributed by atoms with Gasteiger partial charge in [-0.3, -0.25) is 14.7 Å². The average molecular weight is 416 g/mol. The van der Waals surface area contributed by atoms with Gasteiger partial charge in [0.05, 0.1) is 23.2 Å². The lowest BCUT2D eigenvalue weighted by atomic mass is 10.0. The van der Waals surface area contributed by atoms with E-state index in [0.717, 1.165) is 43.2 Å². The Hall–Kier alpha value is -3.05. The Labute approximate surface area is 181 Å². The molecule has 0 unspecified atom stereocenters. The Morgan fingerprint density at radius 1 is 1.00 bits per heavy atom. The van der Waals surface area contributed by atoms with E-state index in [4.69, 9.17) is 4.98 Å². The fraction of sp³-hybridized carbons (Fsp3) is 0.240. The number of nitrogens with zero attached hydrogens (tertiary/aromatic N) is 3. The number of rotatable bonds is 5. The summed E-state index contributed by atoms with van der Waals surface area (Å²) in [4.78, 5) is 24.4. The molecule has 0 saturated carbocycles. The van der Waals surface area contributed by atoms with Crippen LogP contribution in [0, 0.1) is 27.7 Å². The molecule has 0 N–H and O–H groups in total. The lowest BCUT2D eigenvalue weighted by Gasteiger charge is -2.20. The molecule has 0 spiro atoms. The summed E-state index contributed by atoms with van der Waals surface area (Å²) >= 11 is 1.57. The summed E-state index contributed by atoms with van der Waals surface area (Å²) < 4.78 is 1.11. The van der Waals surface area contributed by atoms with Crippen molar-refractivity contribution in [2.75, 3.05) is 4.90 Å². The van der Waals surface area contributed by atoms with Gasteiger partial charge in [-0.25, -0.2) is 4.98 Å². The normalized spacial score (nSPS) is 11.1. The third-order valence-electron chi connectivity index (χ3n) is 5.26. The van der Waals surface area contributed by atoms with E-state index in [2.05, 4.69) is 63.0 Å². The molecule has 0 fully saturated rings. The van der Waals surface area contributed by atoms with E-state index in [-0.39, 0.29) is 5.91 Å². The first-order valence-electron chi connectivity index (χ1n) is 10.0. The van der Waals surface area contributed by atoms with Gasteiger partial charge in [-0.05, 0) is 67.6 Å². The minimum absolute atomic E-state index is 0.0426. The maximum Gasteiger partial charge on any atom is 0.233 e. The van der Waals surface area contributed by atoms with Crippen molar-refractivity contribution in [3.05, 3.63) is 88.2 Å². The van der Waals surface area contributed by atoms with Crippen molar-refractivity contribution in [3.63, 3.8) is 0 Å². The van der Waals surface area contributed by atoms with Crippen LogP contribution < -0.4 is 4.90 Å². The molecule has 2 aromatic heterocycles. The Morgan fingerprint density at radius 2 is 1.83 bits per heavy atom. The largest absolute Gasteiger partial charge is 0.283 e. The predicted molar refractivity (Wildman–Crippen MR) is 124 cm³/mol. The van der Waals surface area contributed by atoms with Crippen molar-refractivity contribution < 1.29 is 4.79 Å². The zero-order valence-corrected chi connectivity index (χ0v) is 18.6. The second kappa shape index (κ2) is 8.36. The molecule has 0 aliphatic heterocycles. The third kappa shape index (κ3) is 4.26. The zero-order valence-electron chi connectivity index (χ0n) is 17.8. The molecule has 1 amide bonds. The molecule has 0 atom stereocenters. The first-order valence-corrected chi connectivity index (χ1v) is 10.9. The smallest absolute Gasteiger partial charge is 0.233 e. The van der Waals surface area contributed by atoms with E-state index in [9.17, 15) is 4.79 Å². The van der Waals surface area contributed by atoms with Crippen molar-refractivity contribution in [1.82, 2.24) is 9.97 Å². The van der Waals surface area contributed by atoms with Crippen LogP contribution in [0.2, 0.25) is 0 Å². The Kier molecular flexibility index (Phi) is 5.64. The van der Waals surface area contributed by atoms with Gasteiger partial charge in [-0.2, -0.15) is 0 Å². The molecule has 0 bridgehead atoms. The van der Waals surface area contributed by atoms with E-state index in [1.165, 1.54) is 5.56 Å². The van der Waals surface area contributed by atoms with Gasteiger partial charge in [-0.15, -0.1) is 0 Å². The lowest BCUT2D eigenvalue weighted by molar-refractivity contribution is -0.118. The number of hydrogen-bond donors (Lipinski definition) is 0. The molecule has 2 heterocycles. The van der Waals surface area contributed by atoms with Crippen LogP contribution in [-0.2, 0) is 17.8 Å². The topological polar surface area (TPSA) is 46.1 Å². The Bertz CT molecular complexity index is 1210. The number of thiazole rings is 1. The lowest BCUT2D eigenvalue weighted by Crippen LogP contribution is -2.32. The minimum Gasteiger partial charge on any atom is -0.283 e. The maximum absolute atomic E-state index is 13.5. The third-order valence-corrected chi connectivity index (χ3v) is 6.29. The van der Waals surface area contributed by atoms with Crippen LogP contribution in [0.15, 0.2) is 54.9 Å². The first-order chi connectivity index (χ1) is 14.4. The predicted octanol–water partition coefficient (Wildman–Crippen LogP) is 5.70. The molecule has 0 saturated heterocycles. The van der Waals surface area contributed by atoms with Gasteiger partial charge in [0.25, 0.3) is 0 Å². The highest BCUT2D eigenvalue weighted by molar-refractivity contribution is 7.22. The quantitative estimate of drug-likeness (QED) is 0.420. The van der Waals surface area contributed by atoms with Crippen LogP contribution in [0.25, 0.3) is 10.2 Å². The summed E-state index contributed by atoms with van der Waals surface area (Å²) in [6, 6.07) is 14.4. The molecule has 5 heteroatoms. The van der Waals surface area contributed by atoms with Crippen molar-refractivity contribution >= 4 is 32.6 Å². The fourth-order valence-corrected chi connectivity index (χ4v) is 4.82.